The fourth-order valence-corrected chi connectivity index (χ4v) is 3.80. The highest BCUT2D eigenvalue weighted by Gasteiger charge is 2.30. The van der Waals surface area contributed by atoms with Crippen molar-refractivity contribution in [3.63, 3.8) is 0 Å². The quantitative estimate of drug-likeness (QED) is 0.922. The third kappa shape index (κ3) is 2.87. The Labute approximate surface area is 123 Å². The van der Waals surface area contributed by atoms with Gasteiger partial charge in [-0.15, -0.1) is 0 Å². The van der Waals surface area contributed by atoms with Crippen molar-refractivity contribution in [2.75, 3.05) is 18.1 Å². The monoisotopic (exact) mass is 311 g/mol. The number of nitrogens with zero attached hydrogens (tertiary/aromatic N) is 3. The second-order valence-corrected chi connectivity index (χ2v) is 6.35. The summed E-state index contributed by atoms with van der Waals surface area (Å²) in [4.78, 5) is 17.4. The molecule has 106 valence electrons. The number of carbonyl (C=O) groups is 1. The van der Waals surface area contributed by atoms with E-state index >= 15 is 0 Å². The second-order valence-electron chi connectivity index (χ2n) is 4.42. The van der Waals surface area contributed by atoms with Crippen molar-refractivity contribution in [3.05, 3.63) is 22.7 Å². The van der Waals surface area contributed by atoms with Gasteiger partial charge in [-0.25, -0.2) is 0 Å². The Hall–Kier alpha value is -1.38. The Balaban J connectivity index is 1.72. The lowest BCUT2D eigenvalue weighted by Gasteiger charge is -2.31. The van der Waals surface area contributed by atoms with Crippen molar-refractivity contribution in [1.82, 2.24) is 15.0 Å². The largest absolute Gasteiger partial charge is 0.480 e. The van der Waals surface area contributed by atoms with Crippen molar-refractivity contribution >= 4 is 29.1 Å². The molecule has 1 aliphatic heterocycles. The third-order valence-corrected chi connectivity index (χ3v) is 4.82. The number of hydrogen-bond donors (Lipinski definition) is 1. The molecule has 0 amide bonds. The van der Waals surface area contributed by atoms with Gasteiger partial charge >= 0.3 is 5.97 Å². The molecule has 20 heavy (non-hydrogen) atoms. The molecule has 8 heteroatoms. The predicted molar refractivity (Wildman–Crippen MR) is 76.8 cm³/mol. The molecule has 0 bridgehead atoms. The highest BCUT2D eigenvalue weighted by molar-refractivity contribution is 7.99. The van der Waals surface area contributed by atoms with E-state index in [2.05, 4.69) is 10.1 Å². The summed E-state index contributed by atoms with van der Waals surface area (Å²) in [6.45, 7) is 1.10. The van der Waals surface area contributed by atoms with Gasteiger partial charge in [0, 0.05) is 29.0 Å². The molecule has 0 aliphatic carbocycles. The van der Waals surface area contributed by atoms with Crippen LogP contribution in [0.4, 0.5) is 0 Å². The van der Waals surface area contributed by atoms with Gasteiger partial charge in [-0.2, -0.15) is 28.1 Å². The zero-order valence-electron chi connectivity index (χ0n) is 10.6. The molecule has 2 aromatic rings. The lowest BCUT2D eigenvalue weighted by atomic mass is 10.2. The number of rotatable bonds is 4. The normalized spacial score (nSPS) is 20.1. The van der Waals surface area contributed by atoms with E-state index in [-0.39, 0.29) is 0 Å². The first-order valence-electron chi connectivity index (χ1n) is 6.14. The van der Waals surface area contributed by atoms with Crippen LogP contribution in [0.2, 0.25) is 0 Å². The maximum Gasteiger partial charge on any atom is 0.321 e. The molecule has 3 rings (SSSR count). The summed E-state index contributed by atoms with van der Waals surface area (Å²) in [6, 6.07) is 1.45. The van der Waals surface area contributed by atoms with E-state index in [1.807, 2.05) is 21.7 Å². The molecule has 2 aromatic heterocycles. The fraction of sp³-hybridized carbons (Fsp3) is 0.417. The molecule has 6 nitrogen and oxygen atoms in total. The Morgan fingerprint density at radius 1 is 1.60 bits per heavy atom. The van der Waals surface area contributed by atoms with E-state index in [4.69, 9.17) is 4.52 Å². The van der Waals surface area contributed by atoms with Crippen molar-refractivity contribution in [3.8, 4) is 11.4 Å². The van der Waals surface area contributed by atoms with Gasteiger partial charge in [0.15, 0.2) is 0 Å². The summed E-state index contributed by atoms with van der Waals surface area (Å²) in [5.41, 5.74) is 0.925. The molecule has 0 radical (unpaired) electrons. The Morgan fingerprint density at radius 2 is 2.50 bits per heavy atom. The molecule has 0 saturated carbocycles. The van der Waals surface area contributed by atoms with Crippen molar-refractivity contribution in [2.24, 2.45) is 0 Å². The molecule has 1 unspecified atom stereocenters. The highest BCUT2D eigenvalue weighted by atomic mass is 32.2. The minimum atomic E-state index is -0.797. The van der Waals surface area contributed by atoms with Crippen LogP contribution < -0.4 is 0 Å². The molecular weight excluding hydrogens is 298 g/mol. The summed E-state index contributed by atoms with van der Waals surface area (Å²) >= 11 is 3.23. The van der Waals surface area contributed by atoms with Crippen LogP contribution in [0.15, 0.2) is 21.3 Å². The molecule has 1 N–H and O–H groups in total. The Bertz CT molecular complexity index is 585. The van der Waals surface area contributed by atoms with Crippen LogP contribution in [0.25, 0.3) is 11.4 Å². The highest BCUT2D eigenvalue weighted by Crippen LogP contribution is 2.21. The van der Waals surface area contributed by atoms with E-state index in [0.717, 1.165) is 17.9 Å². The first kappa shape index (κ1) is 13.6. The molecular formula is C12H13N3O3S2. The van der Waals surface area contributed by atoms with Gasteiger partial charge < -0.3 is 9.63 Å². The van der Waals surface area contributed by atoms with E-state index in [1.54, 1.807) is 23.1 Å². The van der Waals surface area contributed by atoms with Crippen LogP contribution in [0.3, 0.4) is 0 Å². The van der Waals surface area contributed by atoms with E-state index in [0.29, 0.717) is 24.0 Å². The second kappa shape index (κ2) is 5.94. The molecule has 1 atom stereocenters. The summed E-state index contributed by atoms with van der Waals surface area (Å²) in [5.74, 6) is 1.74. The average molecular weight is 311 g/mol. The maximum absolute atomic E-state index is 11.2. The first-order valence-corrected chi connectivity index (χ1v) is 8.23. The van der Waals surface area contributed by atoms with Crippen LogP contribution in [-0.4, -0.2) is 50.2 Å². The van der Waals surface area contributed by atoms with Crippen molar-refractivity contribution in [1.29, 1.82) is 0 Å². The van der Waals surface area contributed by atoms with E-state index in [1.165, 1.54) is 0 Å². The molecule has 0 aromatic carbocycles. The predicted octanol–water partition coefficient (Wildman–Crippen LogP) is 1.80. The van der Waals surface area contributed by atoms with E-state index < -0.39 is 12.0 Å². The summed E-state index contributed by atoms with van der Waals surface area (Å²) in [5, 5.41) is 17.1. The van der Waals surface area contributed by atoms with Gasteiger partial charge in [-0.1, -0.05) is 5.16 Å². The first-order chi connectivity index (χ1) is 9.74. The number of carboxylic acid groups (broad SMARTS) is 1. The molecule has 0 spiro atoms. The van der Waals surface area contributed by atoms with Crippen LogP contribution in [0.1, 0.15) is 5.89 Å². The lowest BCUT2D eigenvalue weighted by Crippen LogP contribution is -2.46. The van der Waals surface area contributed by atoms with Gasteiger partial charge in [0.05, 0.1) is 6.54 Å². The zero-order valence-corrected chi connectivity index (χ0v) is 12.2. The van der Waals surface area contributed by atoms with Gasteiger partial charge in [0.1, 0.15) is 6.04 Å². The van der Waals surface area contributed by atoms with Crippen LogP contribution in [0.5, 0.6) is 0 Å². The van der Waals surface area contributed by atoms with Crippen molar-refractivity contribution < 1.29 is 14.4 Å². The fourth-order valence-electron chi connectivity index (χ4n) is 2.06. The van der Waals surface area contributed by atoms with Gasteiger partial charge in [-0.05, 0) is 11.4 Å². The number of thioether (sulfide) groups is 1. The van der Waals surface area contributed by atoms with Crippen LogP contribution >= 0.6 is 23.1 Å². The average Bonchev–Trinajstić information content (AvgIpc) is 3.09. The molecule has 1 aliphatic rings. The molecule has 3 heterocycles. The lowest BCUT2D eigenvalue weighted by molar-refractivity contribution is -0.142. The van der Waals surface area contributed by atoms with Crippen LogP contribution in [0, 0.1) is 0 Å². The maximum atomic E-state index is 11.2. The smallest absolute Gasteiger partial charge is 0.321 e. The van der Waals surface area contributed by atoms with Crippen LogP contribution in [-0.2, 0) is 11.3 Å². The van der Waals surface area contributed by atoms with E-state index in [9.17, 15) is 9.90 Å². The van der Waals surface area contributed by atoms with Gasteiger partial charge in [-0.3, -0.25) is 9.69 Å². The summed E-state index contributed by atoms with van der Waals surface area (Å²) in [7, 11) is 0. The topological polar surface area (TPSA) is 79.5 Å². The third-order valence-electron chi connectivity index (χ3n) is 3.11. The Morgan fingerprint density at radius 3 is 3.25 bits per heavy atom. The number of thiophene rings is 1. The SMILES string of the molecule is O=C(O)C1CSCCN1Cc1nc(-c2ccsc2)no1. The number of carboxylic acids is 1. The summed E-state index contributed by atoms with van der Waals surface area (Å²) < 4.78 is 5.22. The molecule has 1 saturated heterocycles. The number of aliphatic carboxylic acids is 1. The minimum absolute atomic E-state index is 0.384. The van der Waals surface area contributed by atoms with Gasteiger partial charge in [0.2, 0.25) is 11.7 Å². The summed E-state index contributed by atoms with van der Waals surface area (Å²) in [6.07, 6.45) is 0. The van der Waals surface area contributed by atoms with Gasteiger partial charge in [0.25, 0.3) is 0 Å². The zero-order chi connectivity index (χ0) is 13.9. The molecule has 1 fully saturated rings. The van der Waals surface area contributed by atoms with Crippen molar-refractivity contribution in [2.45, 2.75) is 12.6 Å². The number of hydrogen-bond acceptors (Lipinski definition) is 7. The minimum Gasteiger partial charge on any atom is -0.480 e. The number of aromatic nitrogens is 2. The Kier molecular flexibility index (Phi) is 4.04. The standard InChI is InChI=1S/C12H13N3O3S2/c16-12(17)9-7-20-4-2-15(9)5-10-13-11(14-18-10)8-1-3-19-6-8/h1,3,6,9H,2,4-5,7H2,(H,16,17).